The maximum atomic E-state index is 11.1. The molecule has 3 rings (SSSR count). The quantitative estimate of drug-likeness (QED) is 0.944. The van der Waals surface area contributed by atoms with E-state index in [9.17, 15) is 8.42 Å². The zero-order valence-electron chi connectivity index (χ0n) is 11.2. The average Bonchev–Trinajstić information content (AvgIpc) is 2.46. The molecule has 1 aliphatic rings. The van der Waals surface area contributed by atoms with Crippen LogP contribution in [-0.2, 0) is 16.7 Å². The third kappa shape index (κ3) is 3.17. The van der Waals surface area contributed by atoms with E-state index in [1.807, 2.05) is 30.3 Å². The summed E-state index contributed by atoms with van der Waals surface area (Å²) >= 11 is 0. The Morgan fingerprint density at radius 2 is 1.81 bits per heavy atom. The van der Waals surface area contributed by atoms with Crippen LogP contribution >= 0.6 is 0 Å². The van der Waals surface area contributed by atoms with Crippen molar-refractivity contribution in [3.05, 3.63) is 59.7 Å². The van der Waals surface area contributed by atoms with Gasteiger partial charge in [-0.2, -0.15) is 13.6 Å². The second kappa shape index (κ2) is 5.38. The Labute approximate surface area is 123 Å². The van der Waals surface area contributed by atoms with Crippen molar-refractivity contribution >= 4 is 10.3 Å². The Hall–Kier alpha value is -2.05. The van der Waals surface area contributed by atoms with Crippen molar-refractivity contribution in [2.45, 2.75) is 18.9 Å². The predicted octanol–water partition coefficient (Wildman–Crippen LogP) is 2.34. The van der Waals surface area contributed by atoms with Crippen molar-refractivity contribution in [1.82, 2.24) is 0 Å². The highest BCUT2D eigenvalue weighted by atomic mass is 32.2. The molecule has 5 nitrogen and oxygen atoms in total. The van der Waals surface area contributed by atoms with Gasteiger partial charge in [-0.25, -0.2) is 0 Å². The number of hydrogen-bond acceptors (Lipinski definition) is 4. The molecule has 0 aliphatic carbocycles. The summed E-state index contributed by atoms with van der Waals surface area (Å²) in [6, 6.07) is 14.7. The first-order valence-electron chi connectivity index (χ1n) is 6.58. The zero-order chi connectivity index (χ0) is 14.9. The molecular formula is C15H15NO4S. The molecule has 21 heavy (non-hydrogen) atoms. The van der Waals surface area contributed by atoms with Gasteiger partial charge in [-0.15, -0.1) is 0 Å². The third-order valence-corrected chi connectivity index (χ3v) is 3.80. The highest BCUT2D eigenvalue weighted by molar-refractivity contribution is 7.84. The first kappa shape index (κ1) is 13.9. The van der Waals surface area contributed by atoms with E-state index in [1.165, 1.54) is 0 Å². The number of benzene rings is 2. The smallest absolute Gasteiger partial charge is 0.380 e. The van der Waals surface area contributed by atoms with Crippen LogP contribution in [0.5, 0.6) is 11.5 Å². The Morgan fingerprint density at radius 3 is 2.62 bits per heavy atom. The maximum Gasteiger partial charge on any atom is 0.380 e. The summed E-state index contributed by atoms with van der Waals surface area (Å²) in [6.45, 7) is 0. The lowest BCUT2D eigenvalue weighted by molar-refractivity contribution is 0.174. The summed E-state index contributed by atoms with van der Waals surface area (Å²) in [4.78, 5) is 0. The Bertz CT molecular complexity index is 758. The Balaban J connectivity index is 1.92. The standard InChI is InChI=1S/C15H15NO4S/c16-21(17,18)20-15-8-4-2-6-12(15)14-10-9-11-5-1-3-7-13(11)19-14/h1-8,14H,9-10H2,(H2,16,17,18)/t14-/m1/s1. The molecule has 0 saturated carbocycles. The minimum Gasteiger partial charge on any atom is -0.485 e. The number of aryl methyl sites for hydroxylation is 1. The van der Waals surface area contributed by atoms with Crippen LogP contribution in [0.15, 0.2) is 48.5 Å². The van der Waals surface area contributed by atoms with Gasteiger partial charge in [0, 0.05) is 5.56 Å². The van der Waals surface area contributed by atoms with Crippen molar-refractivity contribution in [2.75, 3.05) is 0 Å². The van der Waals surface area contributed by atoms with Crippen molar-refractivity contribution in [1.29, 1.82) is 0 Å². The molecule has 1 heterocycles. The first-order valence-corrected chi connectivity index (χ1v) is 8.06. The van der Waals surface area contributed by atoms with Crippen LogP contribution < -0.4 is 14.1 Å². The summed E-state index contributed by atoms with van der Waals surface area (Å²) < 4.78 is 33.1. The van der Waals surface area contributed by atoms with Crippen LogP contribution in [0.1, 0.15) is 23.7 Å². The zero-order valence-corrected chi connectivity index (χ0v) is 12.0. The van der Waals surface area contributed by atoms with E-state index in [2.05, 4.69) is 0 Å². The second-order valence-corrected chi connectivity index (χ2v) is 6.02. The van der Waals surface area contributed by atoms with Gasteiger partial charge in [-0.3, -0.25) is 0 Å². The van der Waals surface area contributed by atoms with E-state index in [-0.39, 0.29) is 11.9 Å². The molecule has 2 aromatic rings. The topological polar surface area (TPSA) is 78.6 Å². The van der Waals surface area contributed by atoms with E-state index < -0.39 is 10.3 Å². The van der Waals surface area contributed by atoms with Gasteiger partial charge in [0.2, 0.25) is 0 Å². The SMILES string of the molecule is NS(=O)(=O)Oc1ccccc1[C@H]1CCc2ccccc2O1. The summed E-state index contributed by atoms with van der Waals surface area (Å²) in [5.74, 6) is 1.03. The number of para-hydroxylation sites is 2. The van der Waals surface area contributed by atoms with E-state index in [1.54, 1.807) is 18.2 Å². The van der Waals surface area contributed by atoms with Gasteiger partial charge in [-0.1, -0.05) is 36.4 Å². The highest BCUT2D eigenvalue weighted by Gasteiger charge is 2.24. The number of hydrogen-bond donors (Lipinski definition) is 1. The highest BCUT2D eigenvalue weighted by Crippen LogP contribution is 2.38. The van der Waals surface area contributed by atoms with Crippen LogP contribution in [0.2, 0.25) is 0 Å². The van der Waals surface area contributed by atoms with Gasteiger partial charge in [0.1, 0.15) is 11.9 Å². The first-order chi connectivity index (χ1) is 10.0. The lowest BCUT2D eigenvalue weighted by Gasteiger charge is -2.27. The van der Waals surface area contributed by atoms with Crippen molar-refractivity contribution in [3.63, 3.8) is 0 Å². The molecule has 0 saturated heterocycles. The van der Waals surface area contributed by atoms with Crippen molar-refractivity contribution in [2.24, 2.45) is 5.14 Å². The Kier molecular flexibility index (Phi) is 3.57. The maximum absolute atomic E-state index is 11.1. The fourth-order valence-corrected chi connectivity index (χ4v) is 2.89. The monoisotopic (exact) mass is 305 g/mol. The van der Waals surface area contributed by atoms with Crippen LogP contribution in [0.4, 0.5) is 0 Å². The van der Waals surface area contributed by atoms with Gasteiger partial charge in [0.15, 0.2) is 5.75 Å². The van der Waals surface area contributed by atoms with E-state index in [4.69, 9.17) is 14.1 Å². The van der Waals surface area contributed by atoms with Crippen LogP contribution in [0.3, 0.4) is 0 Å². The molecule has 2 aromatic carbocycles. The number of rotatable bonds is 3. The van der Waals surface area contributed by atoms with Crippen molar-refractivity contribution in [3.8, 4) is 11.5 Å². The largest absolute Gasteiger partial charge is 0.485 e. The Morgan fingerprint density at radius 1 is 1.10 bits per heavy atom. The van der Waals surface area contributed by atoms with E-state index in [0.29, 0.717) is 5.56 Å². The number of nitrogens with two attached hydrogens (primary N) is 1. The lowest BCUT2D eigenvalue weighted by atomic mass is 9.97. The second-order valence-electron chi connectivity index (χ2n) is 4.87. The van der Waals surface area contributed by atoms with Gasteiger partial charge >= 0.3 is 10.3 Å². The van der Waals surface area contributed by atoms with Crippen molar-refractivity contribution < 1.29 is 17.3 Å². The third-order valence-electron chi connectivity index (χ3n) is 3.39. The van der Waals surface area contributed by atoms with Gasteiger partial charge in [0.25, 0.3) is 0 Å². The molecule has 110 valence electrons. The molecule has 1 aliphatic heterocycles. The van der Waals surface area contributed by atoms with Gasteiger partial charge in [-0.05, 0) is 30.5 Å². The fourth-order valence-electron chi connectivity index (χ4n) is 2.49. The molecule has 2 N–H and O–H groups in total. The molecule has 1 atom stereocenters. The lowest BCUT2D eigenvalue weighted by Crippen LogP contribution is -2.21. The van der Waals surface area contributed by atoms with E-state index >= 15 is 0 Å². The molecule has 0 bridgehead atoms. The van der Waals surface area contributed by atoms with Crippen LogP contribution in [0, 0.1) is 0 Å². The van der Waals surface area contributed by atoms with Gasteiger partial charge < -0.3 is 8.92 Å². The molecule has 6 heteroatoms. The molecular weight excluding hydrogens is 290 g/mol. The summed E-state index contributed by atoms with van der Waals surface area (Å²) in [7, 11) is -4.05. The minimum atomic E-state index is -4.05. The predicted molar refractivity (Wildman–Crippen MR) is 78.3 cm³/mol. The average molecular weight is 305 g/mol. The van der Waals surface area contributed by atoms with Crippen LogP contribution in [-0.4, -0.2) is 8.42 Å². The summed E-state index contributed by atoms with van der Waals surface area (Å²) in [5, 5.41) is 4.95. The van der Waals surface area contributed by atoms with E-state index in [0.717, 1.165) is 24.2 Å². The number of ether oxygens (including phenoxy) is 1. The number of fused-ring (bicyclic) bond motifs is 1. The summed E-state index contributed by atoms with van der Waals surface area (Å²) in [5.41, 5.74) is 1.83. The molecule has 0 unspecified atom stereocenters. The van der Waals surface area contributed by atoms with Crippen LogP contribution in [0.25, 0.3) is 0 Å². The molecule has 0 aromatic heterocycles. The summed E-state index contributed by atoms with van der Waals surface area (Å²) in [6.07, 6.45) is 1.37. The molecule has 0 amide bonds. The van der Waals surface area contributed by atoms with Gasteiger partial charge in [0.05, 0.1) is 0 Å². The molecule has 0 spiro atoms. The molecule has 0 fully saturated rings. The fraction of sp³-hybridized carbons (Fsp3) is 0.200. The molecule has 0 radical (unpaired) electrons. The minimum absolute atomic E-state index is 0.212. The normalized spacial score (nSPS) is 17.7.